The average Bonchev–Trinajstić information content (AvgIpc) is 2.89. The highest BCUT2D eigenvalue weighted by Crippen LogP contribution is 2.21. The van der Waals surface area contributed by atoms with E-state index in [0.717, 1.165) is 18.8 Å². The van der Waals surface area contributed by atoms with Crippen LogP contribution in [0.5, 0.6) is 0 Å². The van der Waals surface area contributed by atoms with E-state index in [0.29, 0.717) is 29.5 Å². The van der Waals surface area contributed by atoms with E-state index in [1.54, 1.807) is 54.6 Å². The first-order valence-corrected chi connectivity index (χ1v) is 11.6. The summed E-state index contributed by atoms with van der Waals surface area (Å²) in [5.74, 6) is -1.57. The molecular formula is C27H25ClN2O5. The zero-order chi connectivity index (χ0) is 24.8. The molecule has 1 amide bonds. The van der Waals surface area contributed by atoms with Crippen LogP contribution >= 0.6 is 11.6 Å². The van der Waals surface area contributed by atoms with Gasteiger partial charge in [0.15, 0.2) is 11.9 Å². The lowest BCUT2D eigenvalue weighted by Crippen LogP contribution is -2.36. The van der Waals surface area contributed by atoms with E-state index in [2.05, 4.69) is 10.2 Å². The van der Waals surface area contributed by atoms with E-state index in [9.17, 15) is 14.4 Å². The third kappa shape index (κ3) is 6.07. The summed E-state index contributed by atoms with van der Waals surface area (Å²) in [6.07, 6.45) is -1.07. The molecule has 0 bridgehead atoms. The van der Waals surface area contributed by atoms with E-state index >= 15 is 0 Å². The molecular weight excluding hydrogens is 468 g/mol. The number of benzene rings is 3. The minimum absolute atomic E-state index is 0.0852. The van der Waals surface area contributed by atoms with Crippen LogP contribution in [0, 0.1) is 0 Å². The van der Waals surface area contributed by atoms with E-state index in [1.165, 1.54) is 13.0 Å². The summed E-state index contributed by atoms with van der Waals surface area (Å²) in [6, 6.07) is 20.2. The van der Waals surface area contributed by atoms with Crippen molar-refractivity contribution in [2.45, 2.75) is 13.0 Å². The van der Waals surface area contributed by atoms with Gasteiger partial charge in [-0.2, -0.15) is 0 Å². The summed E-state index contributed by atoms with van der Waals surface area (Å²) in [6.45, 7) is 4.51. The molecule has 7 nitrogen and oxygen atoms in total. The van der Waals surface area contributed by atoms with Gasteiger partial charge in [-0.1, -0.05) is 29.8 Å². The van der Waals surface area contributed by atoms with Gasteiger partial charge in [0.1, 0.15) is 0 Å². The Balaban J connectivity index is 1.39. The number of ketones is 1. The van der Waals surface area contributed by atoms with Gasteiger partial charge in [0.05, 0.1) is 18.8 Å². The van der Waals surface area contributed by atoms with Gasteiger partial charge in [-0.25, -0.2) is 4.79 Å². The fraction of sp³-hybridized carbons (Fsp3) is 0.222. The van der Waals surface area contributed by atoms with E-state index in [1.807, 2.05) is 12.1 Å². The molecule has 1 atom stereocenters. The fourth-order valence-electron chi connectivity index (χ4n) is 3.71. The van der Waals surface area contributed by atoms with Gasteiger partial charge in [-0.05, 0) is 61.5 Å². The van der Waals surface area contributed by atoms with Gasteiger partial charge in [0, 0.05) is 40.6 Å². The third-order valence-corrected chi connectivity index (χ3v) is 5.91. The van der Waals surface area contributed by atoms with Crippen molar-refractivity contribution in [3.63, 3.8) is 0 Å². The second-order valence-corrected chi connectivity index (χ2v) is 8.50. The molecule has 1 aliphatic rings. The van der Waals surface area contributed by atoms with Crippen molar-refractivity contribution in [2.75, 3.05) is 36.5 Å². The Morgan fingerprint density at radius 2 is 1.54 bits per heavy atom. The van der Waals surface area contributed by atoms with Crippen LogP contribution in [0.15, 0.2) is 72.8 Å². The first kappa shape index (κ1) is 24.4. The molecule has 3 aromatic rings. The van der Waals surface area contributed by atoms with Crippen molar-refractivity contribution < 1.29 is 23.9 Å². The van der Waals surface area contributed by atoms with Crippen LogP contribution in [-0.2, 0) is 14.3 Å². The number of hydrogen-bond donors (Lipinski definition) is 1. The molecule has 1 N–H and O–H groups in total. The third-order valence-electron chi connectivity index (χ3n) is 5.66. The number of amides is 1. The number of carbonyl (C=O) groups is 3. The number of nitrogens with zero attached hydrogens (tertiary/aromatic N) is 1. The number of esters is 1. The maximum Gasteiger partial charge on any atom is 0.339 e. The number of rotatable bonds is 7. The average molecular weight is 493 g/mol. The maximum atomic E-state index is 12.9. The normalized spacial score (nSPS) is 14.2. The summed E-state index contributed by atoms with van der Waals surface area (Å²) in [5.41, 5.74) is 2.30. The molecule has 180 valence electrons. The van der Waals surface area contributed by atoms with E-state index in [4.69, 9.17) is 21.1 Å². The van der Waals surface area contributed by atoms with Crippen molar-refractivity contribution >= 4 is 40.6 Å². The summed E-state index contributed by atoms with van der Waals surface area (Å²) in [5, 5.41) is 3.26. The second-order valence-electron chi connectivity index (χ2n) is 8.06. The Kier molecular flexibility index (Phi) is 7.80. The van der Waals surface area contributed by atoms with Gasteiger partial charge in [0.2, 0.25) is 0 Å². The summed E-state index contributed by atoms with van der Waals surface area (Å²) >= 11 is 5.90. The minimum Gasteiger partial charge on any atom is -0.449 e. The molecule has 0 aromatic heterocycles. The summed E-state index contributed by atoms with van der Waals surface area (Å²) < 4.78 is 10.8. The first-order valence-electron chi connectivity index (χ1n) is 11.3. The molecule has 3 aromatic carbocycles. The van der Waals surface area contributed by atoms with Crippen LogP contribution < -0.4 is 10.2 Å². The van der Waals surface area contributed by atoms with Gasteiger partial charge < -0.3 is 19.7 Å². The molecule has 0 radical (unpaired) electrons. The molecule has 0 spiro atoms. The molecule has 1 heterocycles. The van der Waals surface area contributed by atoms with Crippen molar-refractivity contribution in [2.24, 2.45) is 0 Å². The SMILES string of the molecule is CC(OC(=O)c1ccccc1C(=O)c1ccc(Cl)cc1)C(=O)Nc1ccc(N2CCOCC2)cc1. The lowest BCUT2D eigenvalue weighted by atomic mass is 9.98. The lowest BCUT2D eigenvalue weighted by Gasteiger charge is -2.28. The molecule has 35 heavy (non-hydrogen) atoms. The lowest BCUT2D eigenvalue weighted by molar-refractivity contribution is -0.123. The molecule has 1 unspecified atom stereocenters. The number of nitrogens with one attached hydrogen (secondary N) is 1. The highest BCUT2D eigenvalue weighted by Gasteiger charge is 2.23. The van der Waals surface area contributed by atoms with Gasteiger partial charge in [-0.15, -0.1) is 0 Å². The number of ether oxygens (including phenoxy) is 2. The molecule has 8 heteroatoms. The quantitative estimate of drug-likeness (QED) is 0.383. The van der Waals surface area contributed by atoms with E-state index < -0.39 is 18.0 Å². The largest absolute Gasteiger partial charge is 0.449 e. The van der Waals surface area contributed by atoms with Crippen LogP contribution in [0.3, 0.4) is 0 Å². The summed E-state index contributed by atoms with van der Waals surface area (Å²) in [4.78, 5) is 40.7. The van der Waals surface area contributed by atoms with Crippen molar-refractivity contribution in [1.29, 1.82) is 0 Å². The predicted molar refractivity (Wildman–Crippen MR) is 134 cm³/mol. The molecule has 4 rings (SSSR count). The van der Waals surface area contributed by atoms with Crippen molar-refractivity contribution in [3.8, 4) is 0 Å². The Hall–Kier alpha value is -3.68. The van der Waals surface area contributed by atoms with Crippen molar-refractivity contribution in [1.82, 2.24) is 0 Å². The Bertz CT molecular complexity index is 1210. The number of hydrogen-bond acceptors (Lipinski definition) is 6. The van der Waals surface area contributed by atoms with Gasteiger partial charge >= 0.3 is 5.97 Å². The predicted octanol–water partition coefficient (Wildman–Crippen LogP) is 4.59. The standard InChI is InChI=1S/C27H25ClN2O5/c1-18(26(32)29-21-10-12-22(13-11-21)30-14-16-34-17-15-30)35-27(33)24-5-3-2-4-23(24)25(31)19-6-8-20(28)9-7-19/h2-13,18H,14-17H2,1H3,(H,29,32). The Morgan fingerprint density at radius 3 is 2.20 bits per heavy atom. The monoisotopic (exact) mass is 492 g/mol. The van der Waals surface area contributed by atoms with Gasteiger partial charge in [-0.3, -0.25) is 9.59 Å². The maximum absolute atomic E-state index is 12.9. The fourth-order valence-corrected chi connectivity index (χ4v) is 3.84. The minimum atomic E-state index is -1.07. The zero-order valence-corrected chi connectivity index (χ0v) is 20.0. The second kappa shape index (κ2) is 11.2. The topological polar surface area (TPSA) is 84.9 Å². The number of halogens is 1. The highest BCUT2D eigenvalue weighted by atomic mass is 35.5. The first-order chi connectivity index (χ1) is 16.9. The van der Waals surface area contributed by atoms with Crippen LogP contribution in [0.25, 0.3) is 0 Å². The highest BCUT2D eigenvalue weighted by molar-refractivity contribution is 6.30. The molecule has 1 aliphatic heterocycles. The summed E-state index contributed by atoms with van der Waals surface area (Å²) in [7, 11) is 0. The zero-order valence-electron chi connectivity index (χ0n) is 19.2. The molecule has 0 saturated carbocycles. The van der Waals surface area contributed by atoms with Crippen molar-refractivity contribution in [3.05, 3.63) is 94.5 Å². The number of anilines is 2. The Morgan fingerprint density at radius 1 is 0.914 bits per heavy atom. The molecule has 1 saturated heterocycles. The number of morpholine rings is 1. The smallest absolute Gasteiger partial charge is 0.339 e. The molecule has 1 fully saturated rings. The van der Waals surface area contributed by atoms with Crippen LogP contribution in [0.1, 0.15) is 33.2 Å². The Labute approximate surface area is 208 Å². The van der Waals surface area contributed by atoms with Crippen LogP contribution in [0.2, 0.25) is 5.02 Å². The van der Waals surface area contributed by atoms with Gasteiger partial charge in [0.25, 0.3) is 5.91 Å². The molecule has 0 aliphatic carbocycles. The van der Waals surface area contributed by atoms with Crippen LogP contribution in [0.4, 0.5) is 11.4 Å². The number of carbonyl (C=O) groups excluding carboxylic acids is 3. The van der Waals surface area contributed by atoms with E-state index in [-0.39, 0.29) is 16.9 Å². The van der Waals surface area contributed by atoms with Crippen LogP contribution in [-0.4, -0.2) is 50.1 Å².